The first-order valence-corrected chi connectivity index (χ1v) is 8.52. The van der Waals surface area contributed by atoms with Gasteiger partial charge in [0, 0.05) is 31.5 Å². The Labute approximate surface area is 152 Å². The minimum atomic E-state index is -1.04. The van der Waals surface area contributed by atoms with E-state index in [0.29, 0.717) is 47.5 Å². The summed E-state index contributed by atoms with van der Waals surface area (Å²) in [5, 5.41) is 0.431. The van der Waals surface area contributed by atoms with Gasteiger partial charge in [-0.25, -0.2) is 28.7 Å². The van der Waals surface area contributed by atoms with Crippen LogP contribution in [0.25, 0.3) is 11.2 Å². The topological polar surface area (TPSA) is 85.8 Å². The number of piperidine rings is 1. The third kappa shape index (κ3) is 3.19. The fraction of sp³-hybridized carbons (Fsp3) is 0.375. The molecule has 0 unspecified atom stereocenters. The van der Waals surface area contributed by atoms with E-state index in [1.54, 1.807) is 4.57 Å². The molecule has 1 fully saturated rings. The Hall–Kier alpha value is -2.39. The van der Waals surface area contributed by atoms with Crippen LogP contribution < -0.4 is 10.6 Å². The number of halogens is 3. The van der Waals surface area contributed by atoms with Crippen LogP contribution in [0.3, 0.4) is 0 Å². The molecule has 1 saturated heterocycles. The normalized spacial score (nSPS) is 20.7. The van der Waals surface area contributed by atoms with Crippen LogP contribution in [-0.4, -0.2) is 49.8 Å². The molecule has 3 aromatic heterocycles. The molecule has 26 heavy (non-hydrogen) atoms. The number of aromatic nitrogens is 5. The largest absolute Gasteiger partial charge is 0.340 e. The maximum absolute atomic E-state index is 13.7. The van der Waals surface area contributed by atoms with Crippen LogP contribution in [-0.2, 0) is 6.54 Å². The fourth-order valence-electron chi connectivity index (χ4n) is 3.06. The number of nitrogens with two attached hydrogens (primary N) is 1. The van der Waals surface area contributed by atoms with Gasteiger partial charge in [0.15, 0.2) is 5.65 Å². The van der Waals surface area contributed by atoms with E-state index in [2.05, 4.69) is 19.9 Å². The standard InChI is InChI=1S/C16H16ClF2N7/c17-9-4-21-14(22-5-9)8-26-15-13(3-10(18)6-23-15)24-16(26)25-2-1-11(19)12(20)7-25/h3-6,11-12H,1-2,7-8,20H2/t11-,12-/m1/s1. The molecular formula is C16H16ClF2N7. The van der Waals surface area contributed by atoms with Crippen molar-refractivity contribution in [1.82, 2.24) is 24.5 Å². The van der Waals surface area contributed by atoms with Crippen molar-refractivity contribution in [1.29, 1.82) is 0 Å². The summed E-state index contributed by atoms with van der Waals surface area (Å²) in [7, 11) is 0. The molecule has 1 aliphatic rings. The highest BCUT2D eigenvalue weighted by molar-refractivity contribution is 6.30. The van der Waals surface area contributed by atoms with Crippen molar-refractivity contribution in [2.75, 3.05) is 18.0 Å². The molecule has 0 spiro atoms. The molecule has 0 aliphatic carbocycles. The van der Waals surface area contributed by atoms with Gasteiger partial charge in [0.2, 0.25) is 5.95 Å². The van der Waals surface area contributed by atoms with Gasteiger partial charge in [-0.05, 0) is 6.42 Å². The lowest BCUT2D eigenvalue weighted by atomic mass is 10.1. The van der Waals surface area contributed by atoms with Crippen LogP contribution in [0.1, 0.15) is 12.2 Å². The van der Waals surface area contributed by atoms with E-state index < -0.39 is 18.0 Å². The first-order chi connectivity index (χ1) is 12.5. The Morgan fingerprint density at radius 2 is 2.00 bits per heavy atom. The number of hydrogen-bond acceptors (Lipinski definition) is 6. The van der Waals surface area contributed by atoms with E-state index in [1.807, 2.05) is 4.90 Å². The number of nitrogens with zero attached hydrogens (tertiary/aromatic N) is 6. The van der Waals surface area contributed by atoms with E-state index in [4.69, 9.17) is 17.3 Å². The molecule has 0 saturated carbocycles. The molecule has 136 valence electrons. The van der Waals surface area contributed by atoms with E-state index in [1.165, 1.54) is 18.5 Å². The maximum Gasteiger partial charge on any atom is 0.208 e. The van der Waals surface area contributed by atoms with Gasteiger partial charge >= 0.3 is 0 Å². The monoisotopic (exact) mass is 379 g/mol. The number of hydrogen-bond donors (Lipinski definition) is 1. The SMILES string of the molecule is N[C@@H]1CN(c2nc3cc(F)cnc3n2Cc2ncc(Cl)cn2)CC[C@H]1F. The van der Waals surface area contributed by atoms with Gasteiger partial charge in [0.05, 0.1) is 23.8 Å². The summed E-state index contributed by atoms with van der Waals surface area (Å²) >= 11 is 5.83. The lowest BCUT2D eigenvalue weighted by molar-refractivity contribution is 0.243. The minimum absolute atomic E-state index is 0.270. The average Bonchev–Trinajstić information content (AvgIpc) is 2.97. The third-order valence-corrected chi connectivity index (χ3v) is 4.55. The fourth-order valence-corrected chi connectivity index (χ4v) is 3.16. The van der Waals surface area contributed by atoms with Crippen molar-refractivity contribution < 1.29 is 8.78 Å². The lowest BCUT2D eigenvalue weighted by Gasteiger charge is -2.33. The van der Waals surface area contributed by atoms with Crippen LogP contribution in [0.15, 0.2) is 24.7 Å². The van der Waals surface area contributed by atoms with Crippen LogP contribution >= 0.6 is 11.6 Å². The predicted octanol–water partition coefficient (Wildman–Crippen LogP) is 1.94. The Balaban J connectivity index is 1.76. The molecule has 4 heterocycles. The number of anilines is 1. The van der Waals surface area contributed by atoms with Crippen LogP contribution in [0.5, 0.6) is 0 Å². The van der Waals surface area contributed by atoms with Gasteiger partial charge in [0.25, 0.3) is 0 Å². The Kier molecular flexibility index (Phi) is 4.41. The molecule has 3 aromatic rings. The van der Waals surface area contributed by atoms with Crippen molar-refractivity contribution >= 4 is 28.7 Å². The zero-order chi connectivity index (χ0) is 18.3. The summed E-state index contributed by atoms with van der Waals surface area (Å²) in [4.78, 5) is 18.9. The average molecular weight is 380 g/mol. The number of imidazole rings is 1. The second kappa shape index (κ2) is 6.73. The number of pyridine rings is 1. The van der Waals surface area contributed by atoms with Crippen molar-refractivity contribution in [3.05, 3.63) is 41.3 Å². The summed E-state index contributed by atoms with van der Waals surface area (Å²) in [6, 6.07) is 0.709. The molecule has 2 atom stereocenters. The van der Waals surface area contributed by atoms with E-state index in [9.17, 15) is 8.78 Å². The summed E-state index contributed by atoms with van der Waals surface area (Å²) in [5.74, 6) is 0.570. The van der Waals surface area contributed by atoms with Gasteiger partial charge in [-0.15, -0.1) is 0 Å². The Bertz CT molecular complexity index is 930. The molecule has 0 amide bonds. The van der Waals surface area contributed by atoms with Crippen molar-refractivity contribution in [3.63, 3.8) is 0 Å². The third-order valence-electron chi connectivity index (χ3n) is 4.36. The van der Waals surface area contributed by atoms with E-state index in [-0.39, 0.29) is 6.54 Å². The number of fused-ring (bicyclic) bond motifs is 1. The molecule has 0 radical (unpaired) electrons. The van der Waals surface area contributed by atoms with Crippen LogP contribution in [0, 0.1) is 5.82 Å². The van der Waals surface area contributed by atoms with Gasteiger partial charge in [-0.2, -0.15) is 0 Å². The van der Waals surface area contributed by atoms with Crippen LogP contribution in [0.4, 0.5) is 14.7 Å². The molecule has 4 rings (SSSR count). The molecule has 0 aromatic carbocycles. The smallest absolute Gasteiger partial charge is 0.208 e. The highest BCUT2D eigenvalue weighted by atomic mass is 35.5. The zero-order valence-electron chi connectivity index (χ0n) is 13.7. The van der Waals surface area contributed by atoms with E-state index >= 15 is 0 Å². The second-order valence-corrected chi connectivity index (χ2v) is 6.66. The van der Waals surface area contributed by atoms with Gasteiger partial charge in [-0.1, -0.05) is 11.6 Å². The quantitative estimate of drug-likeness (QED) is 0.748. The second-order valence-electron chi connectivity index (χ2n) is 6.23. The predicted molar refractivity (Wildman–Crippen MR) is 93.3 cm³/mol. The van der Waals surface area contributed by atoms with Crippen molar-refractivity contribution in [3.8, 4) is 0 Å². The molecule has 10 heteroatoms. The Morgan fingerprint density at radius 3 is 2.73 bits per heavy atom. The maximum atomic E-state index is 13.7. The highest BCUT2D eigenvalue weighted by Gasteiger charge is 2.29. The van der Waals surface area contributed by atoms with E-state index in [0.717, 1.165) is 6.20 Å². The lowest BCUT2D eigenvalue weighted by Crippen LogP contribution is -2.50. The molecule has 1 aliphatic heterocycles. The molecule has 0 bridgehead atoms. The zero-order valence-corrected chi connectivity index (χ0v) is 14.4. The summed E-state index contributed by atoms with van der Waals surface area (Å²) in [6.07, 6.45) is 3.40. The van der Waals surface area contributed by atoms with Gasteiger partial charge in [0.1, 0.15) is 23.3 Å². The van der Waals surface area contributed by atoms with Crippen molar-refractivity contribution in [2.45, 2.75) is 25.2 Å². The number of alkyl halides is 1. The summed E-state index contributed by atoms with van der Waals surface area (Å²) in [5.41, 5.74) is 6.78. The minimum Gasteiger partial charge on any atom is -0.340 e. The Morgan fingerprint density at radius 1 is 1.23 bits per heavy atom. The van der Waals surface area contributed by atoms with Crippen LogP contribution in [0.2, 0.25) is 5.02 Å². The van der Waals surface area contributed by atoms with Crippen molar-refractivity contribution in [2.24, 2.45) is 5.73 Å². The highest BCUT2D eigenvalue weighted by Crippen LogP contribution is 2.26. The molecule has 7 nitrogen and oxygen atoms in total. The van der Waals surface area contributed by atoms with Gasteiger partial charge in [-0.3, -0.25) is 4.57 Å². The first kappa shape index (κ1) is 17.0. The summed E-state index contributed by atoms with van der Waals surface area (Å²) < 4.78 is 29.1. The van der Waals surface area contributed by atoms with Gasteiger partial charge < -0.3 is 10.6 Å². The number of rotatable bonds is 3. The molecule has 2 N–H and O–H groups in total. The summed E-state index contributed by atoms with van der Waals surface area (Å²) in [6.45, 7) is 1.04. The first-order valence-electron chi connectivity index (χ1n) is 8.14. The molecular weight excluding hydrogens is 364 g/mol.